The zero-order valence-corrected chi connectivity index (χ0v) is 13.0. The Morgan fingerprint density at radius 1 is 1.47 bits per heavy atom. The molecule has 1 amide bonds. The summed E-state index contributed by atoms with van der Waals surface area (Å²) in [6.45, 7) is 5.59. The number of terminal acetylenes is 1. The van der Waals surface area contributed by atoms with E-state index in [1.807, 2.05) is 13.8 Å². The summed E-state index contributed by atoms with van der Waals surface area (Å²) in [7, 11) is 0. The molecule has 102 valence electrons. The Balaban J connectivity index is 3.12. The van der Waals surface area contributed by atoms with Crippen LogP contribution < -0.4 is 5.32 Å². The second-order valence-corrected chi connectivity index (χ2v) is 5.42. The largest absolute Gasteiger partial charge is 0.507 e. The minimum atomic E-state index is -0.667. The van der Waals surface area contributed by atoms with Crippen molar-refractivity contribution in [1.82, 2.24) is 5.32 Å². The molecule has 0 saturated heterocycles. The molecule has 0 aliphatic rings. The summed E-state index contributed by atoms with van der Waals surface area (Å²) in [5, 5.41) is 12.8. The number of aromatic hydroxyl groups is 1. The molecule has 0 heterocycles. The van der Waals surface area contributed by atoms with Crippen LogP contribution in [0, 0.1) is 19.3 Å². The molecule has 0 spiro atoms. The maximum absolute atomic E-state index is 12.3. The van der Waals surface area contributed by atoms with Gasteiger partial charge in [0.1, 0.15) is 11.3 Å². The molecule has 1 aromatic carbocycles. The van der Waals surface area contributed by atoms with Crippen molar-refractivity contribution in [2.45, 2.75) is 39.2 Å². The van der Waals surface area contributed by atoms with E-state index in [1.54, 1.807) is 19.1 Å². The summed E-state index contributed by atoms with van der Waals surface area (Å²) >= 11 is 3.31. The monoisotopic (exact) mass is 323 g/mol. The number of hydrogen-bond acceptors (Lipinski definition) is 2. The van der Waals surface area contributed by atoms with Gasteiger partial charge in [-0.3, -0.25) is 4.79 Å². The number of amides is 1. The van der Waals surface area contributed by atoms with Crippen LogP contribution in [0.1, 0.15) is 42.6 Å². The fourth-order valence-electron chi connectivity index (χ4n) is 1.86. The lowest BCUT2D eigenvalue weighted by Gasteiger charge is -2.27. The van der Waals surface area contributed by atoms with E-state index in [-0.39, 0.29) is 17.2 Å². The molecule has 3 nitrogen and oxygen atoms in total. The van der Waals surface area contributed by atoms with Gasteiger partial charge in [-0.05, 0) is 37.5 Å². The summed E-state index contributed by atoms with van der Waals surface area (Å²) in [5.41, 5.74) is 0.201. The molecule has 0 aliphatic heterocycles. The molecule has 0 bridgehead atoms. The molecule has 0 aromatic heterocycles. The average molecular weight is 324 g/mol. The minimum absolute atomic E-state index is 0.0150. The predicted molar refractivity (Wildman–Crippen MR) is 80.2 cm³/mol. The van der Waals surface area contributed by atoms with Crippen molar-refractivity contribution in [2.75, 3.05) is 0 Å². The van der Waals surface area contributed by atoms with Gasteiger partial charge in [-0.2, -0.15) is 0 Å². The van der Waals surface area contributed by atoms with Gasteiger partial charge in [0.25, 0.3) is 5.91 Å². The van der Waals surface area contributed by atoms with Gasteiger partial charge in [0.2, 0.25) is 0 Å². The van der Waals surface area contributed by atoms with E-state index in [9.17, 15) is 9.90 Å². The van der Waals surface area contributed by atoms with Crippen molar-refractivity contribution in [3.8, 4) is 18.1 Å². The number of phenols is 1. The smallest absolute Gasteiger partial charge is 0.256 e. The number of hydrogen-bond donors (Lipinski definition) is 2. The van der Waals surface area contributed by atoms with Crippen LogP contribution in [0.4, 0.5) is 0 Å². The standard InChI is InChI=1S/C15H18BrNO2/c1-5-15(6-2,7-3)17-14(19)12-9-11(16)8-10(4)13(12)18/h1,8-9,18H,6-7H2,2-4H3,(H,17,19). The zero-order valence-electron chi connectivity index (χ0n) is 11.4. The third kappa shape index (κ3) is 3.30. The van der Waals surface area contributed by atoms with Gasteiger partial charge in [-0.1, -0.05) is 35.7 Å². The first-order valence-corrected chi connectivity index (χ1v) is 6.97. The van der Waals surface area contributed by atoms with Gasteiger partial charge >= 0.3 is 0 Å². The number of rotatable bonds is 4. The quantitative estimate of drug-likeness (QED) is 0.834. The second kappa shape index (κ2) is 6.12. The van der Waals surface area contributed by atoms with Crippen LogP contribution >= 0.6 is 15.9 Å². The van der Waals surface area contributed by atoms with Crippen LogP contribution in [0.25, 0.3) is 0 Å². The first-order valence-electron chi connectivity index (χ1n) is 6.18. The molecule has 0 aliphatic carbocycles. The molecule has 0 radical (unpaired) electrons. The van der Waals surface area contributed by atoms with Crippen molar-refractivity contribution < 1.29 is 9.90 Å². The van der Waals surface area contributed by atoms with Crippen LogP contribution in [0.3, 0.4) is 0 Å². The van der Waals surface area contributed by atoms with Crippen molar-refractivity contribution in [2.24, 2.45) is 0 Å². The highest BCUT2D eigenvalue weighted by molar-refractivity contribution is 9.10. The van der Waals surface area contributed by atoms with E-state index in [0.29, 0.717) is 18.4 Å². The summed E-state index contributed by atoms with van der Waals surface area (Å²) in [5.74, 6) is 2.27. The Morgan fingerprint density at radius 3 is 2.53 bits per heavy atom. The molecule has 2 N–H and O–H groups in total. The van der Waals surface area contributed by atoms with Gasteiger partial charge in [0.15, 0.2) is 0 Å². The molecule has 0 saturated carbocycles. The average Bonchev–Trinajstić information content (AvgIpc) is 2.40. The number of nitrogens with one attached hydrogen (secondary N) is 1. The lowest BCUT2D eigenvalue weighted by Crippen LogP contribution is -2.46. The van der Waals surface area contributed by atoms with E-state index in [2.05, 4.69) is 27.2 Å². The van der Waals surface area contributed by atoms with Gasteiger partial charge in [-0.15, -0.1) is 6.42 Å². The van der Waals surface area contributed by atoms with E-state index < -0.39 is 5.54 Å². The van der Waals surface area contributed by atoms with E-state index in [4.69, 9.17) is 6.42 Å². The number of phenolic OH excluding ortho intramolecular Hbond substituents is 1. The highest BCUT2D eigenvalue weighted by atomic mass is 79.9. The summed E-state index contributed by atoms with van der Waals surface area (Å²) in [4.78, 5) is 12.3. The van der Waals surface area contributed by atoms with Crippen LogP contribution in [0.5, 0.6) is 5.75 Å². The molecule has 0 atom stereocenters. The number of aryl methyl sites for hydroxylation is 1. The van der Waals surface area contributed by atoms with Crippen molar-refractivity contribution in [3.63, 3.8) is 0 Å². The maximum Gasteiger partial charge on any atom is 0.256 e. The minimum Gasteiger partial charge on any atom is -0.507 e. The Hall–Kier alpha value is -1.47. The molecule has 0 unspecified atom stereocenters. The van der Waals surface area contributed by atoms with Crippen molar-refractivity contribution in [3.05, 3.63) is 27.7 Å². The first kappa shape index (κ1) is 15.6. The number of carbonyl (C=O) groups excluding carboxylic acids is 1. The highest BCUT2D eigenvalue weighted by Gasteiger charge is 2.27. The van der Waals surface area contributed by atoms with Crippen LogP contribution in [-0.2, 0) is 0 Å². The Kier molecular flexibility index (Phi) is 5.02. The molecule has 1 aromatic rings. The topological polar surface area (TPSA) is 49.3 Å². The second-order valence-electron chi connectivity index (χ2n) is 4.51. The maximum atomic E-state index is 12.3. The van der Waals surface area contributed by atoms with Crippen molar-refractivity contribution >= 4 is 21.8 Å². The van der Waals surface area contributed by atoms with Crippen LogP contribution in [-0.4, -0.2) is 16.6 Å². The number of carbonyl (C=O) groups is 1. The summed E-state index contributed by atoms with van der Waals surface area (Å²) in [6, 6.07) is 3.34. The summed E-state index contributed by atoms with van der Waals surface area (Å²) in [6.07, 6.45) is 6.79. The van der Waals surface area contributed by atoms with E-state index >= 15 is 0 Å². The fraction of sp³-hybridized carbons (Fsp3) is 0.400. The molecule has 1 rings (SSSR count). The van der Waals surface area contributed by atoms with Crippen molar-refractivity contribution in [1.29, 1.82) is 0 Å². The Bertz CT molecular complexity index is 528. The SMILES string of the molecule is C#CC(CC)(CC)NC(=O)c1cc(Br)cc(C)c1O. The Labute approximate surface area is 122 Å². The van der Waals surface area contributed by atoms with E-state index in [0.717, 1.165) is 4.47 Å². The molecular weight excluding hydrogens is 306 g/mol. The third-order valence-electron chi connectivity index (χ3n) is 3.35. The molecular formula is C15H18BrNO2. The zero-order chi connectivity index (χ0) is 14.6. The molecule has 19 heavy (non-hydrogen) atoms. The van der Waals surface area contributed by atoms with E-state index in [1.165, 1.54) is 0 Å². The Morgan fingerprint density at radius 2 is 2.05 bits per heavy atom. The lowest BCUT2D eigenvalue weighted by atomic mass is 9.93. The predicted octanol–water partition coefficient (Wildman–Crippen LogP) is 3.38. The highest BCUT2D eigenvalue weighted by Crippen LogP contribution is 2.27. The van der Waals surface area contributed by atoms with Crippen LogP contribution in [0.15, 0.2) is 16.6 Å². The van der Waals surface area contributed by atoms with Gasteiger partial charge < -0.3 is 10.4 Å². The third-order valence-corrected chi connectivity index (χ3v) is 3.80. The van der Waals surface area contributed by atoms with Gasteiger partial charge in [0, 0.05) is 4.47 Å². The van der Waals surface area contributed by atoms with Gasteiger partial charge in [0.05, 0.1) is 5.56 Å². The van der Waals surface area contributed by atoms with Gasteiger partial charge in [-0.25, -0.2) is 0 Å². The lowest BCUT2D eigenvalue weighted by molar-refractivity contribution is 0.0913. The van der Waals surface area contributed by atoms with Crippen LogP contribution in [0.2, 0.25) is 0 Å². The first-order chi connectivity index (χ1) is 8.89. The molecule has 0 fully saturated rings. The molecule has 4 heteroatoms. The number of benzene rings is 1. The summed E-state index contributed by atoms with van der Waals surface area (Å²) < 4.78 is 0.743. The fourth-order valence-corrected chi connectivity index (χ4v) is 2.43. The number of halogens is 1. The normalized spacial score (nSPS) is 10.9.